The molecule has 1 unspecified atom stereocenters. The fraction of sp³-hybridized carbons (Fsp3) is 0.524. The molecule has 1 heterocycles. The molecular formula is C21H31N5O7S. The Morgan fingerprint density at radius 3 is 2.35 bits per heavy atom. The zero-order valence-electron chi connectivity index (χ0n) is 19.3. The van der Waals surface area contributed by atoms with Gasteiger partial charge in [0.1, 0.15) is 0 Å². The summed E-state index contributed by atoms with van der Waals surface area (Å²) in [7, 11) is 1.66. The van der Waals surface area contributed by atoms with Crippen LogP contribution in [0.25, 0.3) is 0 Å². The molecule has 0 bridgehead atoms. The summed E-state index contributed by atoms with van der Waals surface area (Å²) in [4.78, 5) is 37.4. The van der Waals surface area contributed by atoms with E-state index in [1.54, 1.807) is 43.1 Å². The number of carbonyl (C=O) groups excluding carboxylic acids is 2. The van der Waals surface area contributed by atoms with Gasteiger partial charge in [-0.25, -0.2) is 0 Å². The fourth-order valence-corrected chi connectivity index (χ4v) is 3.98. The van der Waals surface area contributed by atoms with Crippen molar-refractivity contribution in [2.45, 2.75) is 18.8 Å². The lowest BCUT2D eigenvalue weighted by molar-refractivity contribution is -0.411. The summed E-state index contributed by atoms with van der Waals surface area (Å²) < 4.78 is 15.9. The van der Waals surface area contributed by atoms with Gasteiger partial charge in [0.2, 0.25) is 5.91 Å². The molecule has 0 aromatic heterocycles. The predicted molar refractivity (Wildman–Crippen MR) is 128 cm³/mol. The number of nitrogens with two attached hydrogens (primary N) is 1. The average molecular weight is 498 g/mol. The van der Waals surface area contributed by atoms with Crippen LogP contribution in [0.5, 0.6) is 0 Å². The first-order valence-corrected chi connectivity index (χ1v) is 11.6. The fourth-order valence-electron chi connectivity index (χ4n) is 2.88. The van der Waals surface area contributed by atoms with Crippen LogP contribution in [0.1, 0.15) is 23.7 Å². The van der Waals surface area contributed by atoms with E-state index in [-0.39, 0.29) is 29.5 Å². The molecule has 0 aliphatic carbocycles. The third-order valence-electron chi connectivity index (χ3n) is 4.76. The minimum absolute atomic E-state index is 0.0142. The molecule has 12 nitrogen and oxygen atoms in total. The maximum atomic E-state index is 12.8. The van der Waals surface area contributed by atoms with Crippen molar-refractivity contribution in [3.8, 4) is 0 Å². The largest absolute Gasteiger partial charge is 0.379 e. The van der Waals surface area contributed by atoms with E-state index in [0.29, 0.717) is 51.0 Å². The van der Waals surface area contributed by atoms with Crippen LogP contribution in [0.3, 0.4) is 0 Å². The van der Waals surface area contributed by atoms with E-state index in [2.05, 4.69) is 10.6 Å². The SMILES string of the molecule is CC1=C([N+](=O)[O-])SC(NC(=O)c2ccccc2NC(=O)CCOCCOCCOCCN)N1C. The first-order valence-electron chi connectivity index (χ1n) is 10.7. The lowest BCUT2D eigenvalue weighted by atomic mass is 10.1. The molecule has 2 rings (SSSR count). The van der Waals surface area contributed by atoms with Gasteiger partial charge in [0.05, 0.1) is 67.9 Å². The van der Waals surface area contributed by atoms with Gasteiger partial charge >= 0.3 is 5.03 Å². The zero-order valence-corrected chi connectivity index (χ0v) is 20.1. The van der Waals surface area contributed by atoms with Crippen molar-refractivity contribution >= 4 is 29.3 Å². The molecule has 0 fully saturated rings. The molecule has 1 atom stereocenters. The number of rotatable bonds is 15. The van der Waals surface area contributed by atoms with Crippen molar-refractivity contribution in [1.29, 1.82) is 0 Å². The number of carbonyl (C=O) groups is 2. The van der Waals surface area contributed by atoms with Crippen LogP contribution in [0.2, 0.25) is 0 Å². The Hall–Kier alpha value is -2.71. The highest BCUT2D eigenvalue weighted by Crippen LogP contribution is 2.35. The van der Waals surface area contributed by atoms with E-state index in [9.17, 15) is 19.7 Å². The first kappa shape index (κ1) is 27.5. The van der Waals surface area contributed by atoms with Gasteiger partial charge in [-0.1, -0.05) is 12.1 Å². The quantitative estimate of drug-likeness (QED) is 0.182. The molecular weight excluding hydrogens is 466 g/mol. The Morgan fingerprint density at radius 1 is 1.12 bits per heavy atom. The number of ether oxygens (including phenoxy) is 3. The Morgan fingerprint density at radius 2 is 1.74 bits per heavy atom. The van der Waals surface area contributed by atoms with Gasteiger partial charge < -0.3 is 35.5 Å². The standard InChI is InChI=1S/C21H31N5O7S/c1-15-20(26(29)30)34-21(25(15)2)24-19(28)16-5-3-4-6-17(16)23-18(27)7-9-31-11-13-33-14-12-32-10-8-22/h3-6,21H,7-14,22H2,1-2H3,(H,23,27)(H,24,28). The molecule has 1 aromatic rings. The van der Waals surface area contributed by atoms with E-state index >= 15 is 0 Å². The summed E-state index contributed by atoms with van der Waals surface area (Å²) in [6.07, 6.45) is 0.103. The molecule has 0 saturated carbocycles. The molecule has 0 radical (unpaired) electrons. The number of hydrogen-bond donors (Lipinski definition) is 3. The summed E-state index contributed by atoms with van der Waals surface area (Å²) in [6.45, 7) is 4.43. The number of anilines is 1. The van der Waals surface area contributed by atoms with Crippen molar-refractivity contribution in [2.75, 3.05) is 58.6 Å². The second kappa shape index (κ2) is 14.5. The van der Waals surface area contributed by atoms with E-state index in [1.807, 2.05) is 0 Å². The summed E-state index contributed by atoms with van der Waals surface area (Å²) in [5.74, 6) is -0.765. The van der Waals surface area contributed by atoms with Crippen molar-refractivity contribution in [1.82, 2.24) is 10.2 Å². The van der Waals surface area contributed by atoms with Crippen LogP contribution >= 0.6 is 11.8 Å². The van der Waals surface area contributed by atoms with Gasteiger partial charge in [0, 0.05) is 13.6 Å². The lowest BCUT2D eigenvalue weighted by Crippen LogP contribution is -2.41. The summed E-state index contributed by atoms with van der Waals surface area (Å²) in [5, 5.41) is 16.6. The lowest BCUT2D eigenvalue weighted by Gasteiger charge is -2.22. The third-order valence-corrected chi connectivity index (χ3v) is 6.08. The number of nitrogens with zero attached hydrogens (tertiary/aromatic N) is 2. The van der Waals surface area contributed by atoms with Crippen LogP contribution in [0.4, 0.5) is 5.69 Å². The molecule has 188 valence electrons. The highest BCUT2D eigenvalue weighted by molar-refractivity contribution is 8.03. The summed E-state index contributed by atoms with van der Waals surface area (Å²) >= 11 is 0.950. The van der Waals surface area contributed by atoms with Gasteiger partial charge in [0.15, 0.2) is 5.50 Å². The van der Waals surface area contributed by atoms with Crippen molar-refractivity contribution in [2.24, 2.45) is 5.73 Å². The second-order valence-electron chi connectivity index (χ2n) is 7.17. The van der Waals surface area contributed by atoms with Crippen LogP contribution in [-0.2, 0) is 19.0 Å². The van der Waals surface area contributed by atoms with Crippen LogP contribution < -0.4 is 16.4 Å². The van der Waals surface area contributed by atoms with Crippen molar-refractivity contribution < 1.29 is 28.7 Å². The Kier molecular flexibility index (Phi) is 11.8. The molecule has 13 heteroatoms. The van der Waals surface area contributed by atoms with E-state index < -0.39 is 16.3 Å². The number of para-hydroxylation sites is 1. The molecule has 1 aliphatic rings. The van der Waals surface area contributed by atoms with E-state index in [0.717, 1.165) is 11.8 Å². The molecule has 0 spiro atoms. The Balaban J connectivity index is 1.76. The minimum Gasteiger partial charge on any atom is -0.379 e. The van der Waals surface area contributed by atoms with Gasteiger partial charge in [-0.2, -0.15) is 0 Å². The van der Waals surface area contributed by atoms with Gasteiger partial charge in [-0.3, -0.25) is 19.7 Å². The van der Waals surface area contributed by atoms with Gasteiger partial charge in [-0.05, 0) is 30.8 Å². The van der Waals surface area contributed by atoms with E-state index in [1.165, 1.54) is 0 Å². The third kappa shape index (κ3) is 8.57. The van der Waals surface area contributed by atoms with E-state index in [4.69, 9.17) is 19.9 Å². The molecule has 0 saturated heterocycles. The van der Waals surface area contributed by atoms with Crippen molar-refractivity contribution in [3.63, 3.8) is 0 Å². The molecule has 34 heavy (non-hydrogen) atoms. The Bertz CT molecular complexity index is 883. The first-order chi connectivity index (χ1) is 16.3. The molecule has 1 aliphatic heterocycles. The maximum Gasteiger partial charge on any atom is 0.325 e. The normalized spacial score (nSPS) is 15.5. The van der Waals surface area contributed by atoms with Gasteiger partial charge in [0.25, 0.3) is 5.91 Å². The highest BCUT2D eigenvalue weighted by atomic mass is 32.2. The minimum atomic E-state index is -0.625. The second-order valence-corrected chi connectivity index (χ2v) is 8.24. The van der Waals surface area contributed by atoms with Gasteiger partial charge in [-0.15, -0.1) is 0 Å². The summed E-state index contributed by atoms with van der Waals surface area (Å²) in [5.41, 5.74) is 5.75. The molecule has 4 N–H and O–H groups in total. The molecule has 2 amide bonds. The number of nitrogens with one attached hydrogen (secondary N) is 2. The van der Waals surface area contributed by atoms with Crippen LogP contribution in [0.15, 0.2) is 35.0 Å². The monoisotopic (exact) mass is 497 g/mol. The predicted octanol–water partition coefficient (Wildman–Crippen LogP) is 1.18. The molecule has 1 aromatic carbocycles. The Labute approximate surface area is 202 Å². The summed E-state index contributed by atoms with van der Waals surface area (Å²) in [6, 6.07) is 6.56. The number of nitro groups is 1. The van der Waals surface area contributed by atoms with Crippen LogP contribution in [0, 0.1) is 10.1 Å². The number of thioether (sulfide) groups is 1. The maximum absolute atomic E-state index is 12.8. The highest BCUT2D eigenvalue weighted by Gasteiger charge is 2.36. The van der Waals surface area contributed by atoms with Crippen LogP contribution in [-0.4, -0.2) is 80.4 Å². The number of allylic oxidation sites excluding steroid dienone is 1. The number of amides is 2. The number of benzene rings is 1. The average Bonchev–Trinajstić information content (AvgIpc) is 3.09. The topological polar surface area (TPSA) is 158 Å². The van der Waals surface area contributed by atoms with Crippen molar-refractivity contribution in [3.05, 3.63) is 50.7 Å². The zero-order chi connectivity index (χ0) is 24.9. The smallest absolute Gasteiger partial charge is 0.325 e. The number of hydrogen-bond acceptors (Lipinski definition) is 10.